The van der Waals surface area contributed by atoms with Crippen molar-refractivity contribution >= 4 is 18.3 Å². The van der Waals surface area contributed by atoms with Crippen molar-refractivity contribution < 1.29 is 9.32 Å². The van der Waals surface area contributed by atoms with Gasteiger partial charge >= 0.3 is 0 Å². The maximum atomic E-state index is 11.9. The van der Waals surface area contributed by atoms with E-state index in [1.165, 1.54) is 0 Å². The van der Waals surface area contributed by atoms with E-state index in [2.05, 4.69) is 10.5 Å². The average molecular weight is 262 g/mol. The molecule has 0 saturated carbocycles. The molecule has 0 spiro atoms. The molecule has 0 aromatic carbocycles. The topological polar surface area (TPSA) is 58.4 Å². The Kier molecular flexibility index (Phi) is 6.83. The van der Waals surface area contributed by atoms with Gasteiger partial charge in [-0.2, -0.15) is 0 Å². The molecule has 6 heteroatoms. The summed E-state index contributed by atoms with van der Waals surface area (Å²) >= 11 is 0. The van der Waals surface area contributed by atoms with Gasteiger partial charge in [-0.15, -0.1) is 12.4 Å². The van der Waals surface area contributed by atoms with E-state index in [1.54, 1.807) is 11.9 Å². The lowest BCUT2D eigenvalue weighted by molar-refractivity contribution is -0.134. The minimum Gasteiger partial charge on any atom is -0.361 e. The lowest BCUT2D eigenvalue weighted by atomic mass is 10.1. The van der Waals surface area contributed by atoms with Gasteiger partial charge in [0.1, 0.15) is 11.5 Å². The fraction of sp³-hybridized carbons (Fsp3) is 0.636. The van der Waals surface area contributed by atoms with E-state index in [0.29, 0.717) is 13.1 Å². The third-order valence-corrected chi connectivity index (χ3v) is 2.38. The van der Waals surface area contributed by atoms with Crippen molar-refractivity contribution in [3.63, 3.8) is 0 Å². The summed E-state index contributed by atoms with van der Waals surface area (Å²) in [5, 5.41) is 6.85. The molecule has 1 rings (SSSR count). The number of nitrogens with zero attached hydrogens (tertiary/aromatic N) is 2. The Hall–Kier alpha value is -1.07. The zero-order chi connectivity index (χ0) is 12.1. The van der Waals surface area contributed by atoms with E-state index >= 15 is 0 Å². The van der Waals surface area contributed by atoms with Gasteiger partial charge in [0.15, 0.2) is 0 Å². The predicted molar refractivity (Wildman–Crippen MR) is 68.1 cm³/mol. The van der Waals surface area contributed by atoms with Crippen LogP contribution in [0.5, 0.6) is 0 Å². The minimum atomic E-state index is -0.0250. The second-order valence-corrected chi connectivity index (χ2v) is 4.08. The summed E-state index contributed by atoms with van der Waals surface area (Å²) in [5.74, 6) is 0.845. The molecule has 0 radical (unpaired) electrons. The Balaban J connectivity index is 0.00000256. The molecule has 98 valence electrons. The summed E-state index contributed by atoms with van der Waals surface area (Å²) in [6.45, 7) is 4.91. The summed E-state index contributed by atoms with van der Waals surface area (Å²) < 4.78 is 4.95. The van der Waals surface area contributed by atoms with Crippen molar-refractivity contribution in [2.45, 2.75) is 20.4 Å². The lowest BCUT2D eigenvalue weighted by Gasteiger charge is -2.20. The van der Waals surface area contributed by atoms with Crippen LogP contribution in [0.15, 0.2) is 10.6 Å². The molecule has 0 aliphatic heterocycles. The summed E-state index contributed by atoms with van der Waals surface area (Å²) in [6, 6.07) is 1.84. The van der Waals surface area contributed by atoms with E-state index in [4.69, 9.17) is 4.52 Å². The van der Waals surface area contributed by atoms with Crippen LogP contribution in [-0.4, -0.2) is 36.6 Å². The van der Waals surface area contributed by atoms with E-state index < -0.39 is 0 Å². The largest absolute Gasteiger partial charge is 0.361 e. The highest BCUT2D eigenvalue weighted by Gasteiger charge is 2.17. The highest BCUT2D eigenvalue weighted by Crippen LogP contribution is 2.07. The summed E-state index contributed by atoms with van der Waals surface area (Å²) in [7, 11) is 3.61. The molecule has 1 heterocycles. The van der Waals surface area contributed by atoms with Gasteiger partial charge < -0.3 is 14.7 Å². The van der Waals surface area contributed by atoms with Crippen LogP contribution in [0.25, 0.3) is 0 Å². The van der Waals surface area contributed by atoms with Crippen molar-refractivity contribution in [2.24, 2.45) is 5.92 Å². The molecule has 5 nitrogen and oxygen atoms in total. The van der Waals surface area contributed by atoms with Crippen LogP contribution in [0, 0.1) is 12.8 Å². The van der Waals surface area contributed by atoms with E-state index in [9.17, 15) is 4.79 Å². The maximum Gasteiger partial charge on any atom is 0.226 e. The van der Waals surface area contributed by atoms with Crippen molar-refractivity contribution in [3.05, 3.63) is 17.5 Å². The normalized spacial score (nSPS) is 11.8. The zero-order valence-electron chi connectivity index (χ0n) is 10.7. The first kappa shape index (κ1) is 15.9. The number of carbonyl (C=O) groups is 1. The van der Waals surface area contributed by atoms with Crippen LogP contribution in [0.1, 0.15) is 18.4 Å². The first-order valence-corrected chi connectivity index (χ1v) is 5.36. The predicted octanol–water partition coefficient (Wildman–Crippen LogP) is 1.22. The molecule has 0 bridgehead atoms. The second kappa shape index (κ2) is 7.29. The number of rotatable bonds is 5. The first-order valence-electron chi connectivity index (χ1n) is 5.36. The fourth-order valence-corrected chi connectivity index (χ4v) is 1.58. The van der Waals surface area contributed by atoms with Gasteiger partial charge in [0.2, 0.25) is 5.91 Å². The molecule has 1 amide bonds. The highest BCUT2D eigenvalue weighted by atomic mass is 35.5. The molecule has 1 aromatic heterocycles. The second-order valence-electron chi connectivity index (χ2n) is 4.08. The van der Waals surface area contributed by atoms with Gasteiger partial charge in [-0.1, -0.05) is 12.1 Å². The third kappa shape index (κ3) is 4.75. The zero-order valence-corrected chi connectivity index (χ0v) is 11.5. The molecule has 0 fully saturated rings. The van der Waals surface area contributed by atoms with Crippen molar-refractivity contribution in [1.29, 1.82) is 0 Å². The number of hydrogen-bond acceptors (Lipinski definition) is 4. The lowest BCUT2D eigenvalue weighted by Crippen LogP contribution is -2.35. The van der Waals surface area contributed by atoms with Crippen molar-refractivity contribution in [1.82, 2.24) is 15.4 Å². The number of amides is 1. The molecule has 0 aliphatic rings. The Morgan fingerprint density at radius 2 is 2.29 bits per heavy atom. The number of aromatic nitrogens is 1. The molecule has 1 atom stereocenters. The molecule has 1 N–H and O–H groups in total. The van der Waals surface area contributed by atoms with E-state index in [-0.39, 0.29) is 24.2 Å². The quantitative estimate of drug-likeness (QED) is 0.866. The molecule has 1 aromatic rings. The monoisotopic (exact) mass is 261 g/mol. The van der Waals surface area contributed by atoms with Crippen LogP contribution >= 0.6 is 12.4 Å². The highest BCUT2D eigenvalue weighted by molar-refractivity contribution is 5.85. The summed E-state index contributed by atoms with van der Waals surface area (Å²) in [5.41, 5.74) is 0.782. The molecular formula is C11H20ClN3O2. The Morgan fingerprint density at radius 1 is 1.65 bits per heavy atom. The standard InChI is InChI=1S/C11H19N3O2.ClH/c1-8(6-12-3)11(15)14(4)7-10-5-9(2)16-13-10;/h5,8,12H,6-7H2,1-4H3;1H. The van der Waals surface area contributed by atoms with Crippen LogP contribution in [0.2, 0.25) is 0 Å². The smallest absolute Gasteiger partial charge is 0.226 e. The molecular weight excluding hydrogens is 242 g/mol. The van der Waals surface area contributed by atoms with Crippen LogP contribution in [-0.2, 0) is 11.3 Å². The van der Waals surface area contributed by atoms with Gasteiger partial charge in [-0.05, 0) is 14.0 Å². The molecule has 1 unspecified atom stereocenters. The van der Waals surface area contributed by atoms with Gasteiger partial charge in [0.05, 0.1) is 6.54 Å². The Labute approximate surface area is 108 Å². The van der Waals surface area contributed by atoms with Crippen LogP contribution in [0.4, 0.5) is 0 Å². The molecule has 17 heavy (non-hydrogen) atoms. The number of aryl methyl sites for hydroxylation is 1. The third-order valence-electron chi connectivity index (χ3n) is 2.38. The number of hydrogen-bond donors (Lipinski definition) is 1. The van der Waals surface area contributed by atoms with E-state index in [1.807, 2.05) is 27.0 Å². The summed E-state index contributed by atoms with van der Waals surface area (Å²) in [6.07, 6.45) is 0. The fourth-order valence-electron chi connectivity index (χ4n) is 1.58. The number of nitrogens with one attached hydrogen (secondary N) is 1. The Morgan fingerprint density at radius 3 is 2.76 bits per heavy atom. The molecule has 0 aliphatic carbocycles. The summed E-state index contributed by atoms with van der Waals surface area (Å²) in [4.78, 5) is 13.5. The number of carbonyl (C=O) groups excluding carboxylic acids is 1. The van der Waals surface area contributed by atoms with Gasteiger partial charge in [0.25, 0.3) is 0 Å². The van der Waals surface area contributed by atoms with Crippen LogP contribution < -0.4 is 5.32 Å². The van der Waals surface area contributed by atoms with Crippen molar-refractivity contribution in [2.75, 3.05) is 20.6 Å². The molecule has 0 saturated heterocycles. The average Bonchev–Trinajstić information content (AvgIpc) is 2.63. The Bertz CT molecular complexity index is 354. The van der Waals surface area contributed by atoms with E-state index in [0.717, 1.165) is 11.5 Å². The van der Waals surface area contributed by atoms with Crippen molar-refractivity contribution in [3.8, 4) is 0 Å². The SMILES string of the molecule is CNCC(C)C(=O)N(C)Cc1cc(C)on1.Cl. The van der Waals surface area contributed by atoms with Gasteiger partial charge in [-0.25, -0.2) is 0 Å². The minimum absolute atomic E-state index is 0. The van der Waals surface area contributed by atoms with Crippen LogP contribution in [0.3, 0.4) is 0 Å². The maximum absolute atomic E-state index is 11.9. The van der Waals surface area contributed by atoms with Gasteiger partial charge in [0, 0.05) is 25.6 Å². The number of halogens is 1. The first-order chi connectivity index (χ1) is 7.54. The van der Waals surface area contributed by atoms with Gasteiger partial charge in [-0.3, -0.25) is 4.79 Å².